The van der Waals surface area contributed by atoms with Crippen LogP contribution in [0.25, 0.3) is 27.8 Å². The molecule has 1 heterocycles. The van der Waals surface area contributed by atoms with Crippen LogP contribution in [0.2, 0.25) is 5.02 Å². The van der Waals surface area contributed by atoms with Crippen molar-refractivity contribution in [3.63, 3.8) is 0 Å². The third kappa shape index (κ3) is 5.95. The fraction of sp³-hybridized carbons (Fsp3) is 0.182. The standard InChI is InChI=1S/C33H30ClN3O4/c1-21-13-18-25(30(38)39)26(19-21)22-14-16-24(17-15-22)37-29-12-8-7-11-28(29)36(20-23-9-5-6-10-27(23)34)31(37)35-32(40)41-33(2,3)4/h5-19H,20H2,1-4H3,(H,38,39)/b35-31+. The summed E-state index contributed by atoms with van der Waals surface area (Å²) in [6.45, 7) is 7.69. The number of benzene rings is 4. The number of hydrogen-bond acceptors (Lipinski definition) is 3. The number of rotatable bonds is 5. The molecular formula is C33H30ClN3O4. The van der Waals surface area contributed by atoms with E-state index in [1.807, 2.05) is 94.9 Å². The monoisotopic (exact) mass is 567 g/mol. The molecule has 1 aromatic heterocycles. The Kier molecular flexibility index (Phi) is 7.56. The number of para-hydroxylation sites is 2. The molecule has 1 N–H and O–H groups in total. The number of carboxylic acid groups (broad SMARTS) is 1. The van der Waals surface area contributed by atoms with Gasteiger partial charge in [0, 0.05) is 10.7 Å². The summed E-state index contributed by atoms with van der Waals surface area (Å²) in [7, 11) is 0. The minimum atomic E-state index is -0.987. The number of hydrogen-bond donors (Lipinski definition) is 1. The Morgan fingerprint density at radius 1 is 0.902 bits per heavy atom. The Morgan fingerprint density at radius 3 is 2.22 bits per heavy atom. The van der Waals surface area contributed by atoms with Crippen LogP contribution >= 0.6 is 11.6 Å². The van der Waals surface area contributed by atoms with E-state index in [1.54, 1.807) is 32.9 Å². The third-order valence-corrected chi connectivity index (χ3v) is 6.94. The van der Waals surface area contributed by atoms with Gasteiger partial charge in [-0.3, -0.25) is 4.57 Å². The SMILES string of the molecule is Cc1ccc(C(=O)O)c(-c2ccc(-n3/c(=N/C(=O)OC(C)(C)C)n(Cc4ccccc4Cl)c4ccccc43)cc2)c1. The first kappa shape index (κ1) is 27.9. The molecule has 4 aromatic carbocycles. The first-order valence-electron chi connectivity index (χ1n) is 13.2. The maximum Gasteiger partial charge on any atom is 0.437 e. The highest BCUT2D eigenvalue weighted by Gasteiger charge is 2.20. The van der Waals surface area contributed by atoms with E-state index in [0.717, 1.165) is 33.4 Å². The molecule has 7 nitrogen and oxygen atoms in total. The summed E-state index contributed by atoms with van der Waals surface area (Å²) in [5.41, 5.74) is 5.54. The quantitative estimate of drug-likeness (QED) is 0.236. The van der Waals surface area contributed by atoms with Crippen LogP contribution in [0.4, 0.5) is 4.79 Å². The van der Waals surface area contributed by atoms with E-state index in [0.29, 0.717) is 22.7 Å². The van der Waals surface area contributed by atoms with Gasteiger partial charge in [0.25, 0.3) is 0 Å². The summed E-state index contributed by atoms with van der Waals surface area (Å²) in [6, 6.07) is 28.2. The zero-order valence-corrected chi connectivity index (χ0v) is 24.0. The van der Waals surface area contributed by atoms with Crippen molar-refractivity contribution < 1.29 is 19.4 Å². The highest BCUT2D eigenvalue weighted by Crippen LogP contribution is 2.28. The molecule has 0 atom stereocenters. The first-order chi connectivity index (χ1) is 19.5. The van der Waals surface area contributed by atoms with Gasteiger partial charge >= 0.3 is 12.1 Å². The zero-order chi connectivity index (χ0) is 29.3. The average molecular weight is 568 g/mol. The van der Waals surface area contributed by atoms with Crippen LogP contribution in [0.3, 0.4) is 0 Å². The van der Waals surface area contributed by atoms with Crippen LogP contribution in [-0.2, 0) is 11.3 Å². The van der Waals surface area contributed by atoms with Crippen molar-refractivity contribution in [3.05, 3.63) is 118 Å². The number of imidazole rings is 1. The Balaban J connectivity index is 1.73. The van der Waals surface area contributed by atoms with Gasteiger partial charge in [-0.1, -0.05) is 71.8 Å². The lowest BCUT2D eigenvalue weighted by molar-refractivity contribution is 0.0593. The predicted molar refractivity (Wildman–Crippen MR) is 161 cm³/mol. The number of carbonyl (C=O) groups excluding carboxylic acids is 1. The van der Waals surface area contributed by atoms with E-state index >= 15 is 0 Å². The number of carboxylic acids is 1. The molecule has 0 aliphatic carbocycles. The molecule has 0 radical (unpaired) electrons. The summed E-state index contributed by atoms with van der Waals surface area (Å²) >= 11 is 6.53. The summed E-state index contributed by atoms with van der Waals surface area (Å²) in [5.74, 6) is -0.987. The van der Waals surface area contributed by atoms with Crippen molar-refractivity contribution in [1.82, 2.24) is 9.13 Å². The van der Waals surface area contributed by atoms with E-state index in [1.165, 1.54) is 0 Å². The number of aryl methyl sites for hydroxylation is 1. The summed E-state index contributed by atoms with van der Waals surface area (Å²) < 4.78 is 9.41. The van der Waals surface area contributed by atoms with Crippen molar-refractivity contribution in [2.24, 2.45) is 4.99 Å². The predicted octanol–water partition coefficient (Wildman–Crippen LogP) is 7.64. The smallest absolute Gasteiger partial charge is 0.437 e. The van der Waals surface area contributed by atoms with E-state index in [2.05, 4.69) is 4.99 Å². The molecule has 1 amide bonds. The van der Waals surface area contributed by atoms with Crippen molar-refractivity contribution in [2.75, 3.05) is 0 Å². The topological polar surface area (TPSA) is 85.8 Å². The van der Waals surface area contributed by atoms with Gasteiger partial charge in [0.15, 0.2) is 0 Å². The minimum Gasteiger partial charge on any atom is -0.478 e. The van der Waals surface area contributed by atoms with Gasteiger partial charge in [-0.05, 0) is 80.8 Å². The van der Waals surface area contributed by atoms with Crippen LogP contribution in [0.5, 0.6) is 0 Å². The largest absolute Gasteiger partial charge is 0.478 e. The van der Waals surface area contributed by atoms with Crippen LogP contribution in [0, 0.1) is 6.92 Å². The van der Waals surface area contributed by atoms with E-state index < -0.39 is 17.7 Å². The van der Waals surface area contributed by atoms with Gasteiger partial charge in [-0.15, -0.1) is 4.99 Å². The second kappa shape index (κ2) is 11.1. The third-order valence-electron chi connectivity index (χ3n) is 6.57. The number of carbonyl (C=O) groups is 2. The van der Waals surface area contributed by atoms with E-state index in [4.69, 9.17) is 16.3 Å². The highest BCUT2D eigenvalue weighted by molar-refractivity contribution is 6.31. The Morgan fingerprint density at radius 2 is 1.56 bits per heavy atom. The lowest BCUT2D eigenvalue weighted by Gasteiger charge is -2.17. The van der Waals surface area contributed by atoms with Crippen molar-refractivity contribution in [3.8, 4) is 16.8 Å². The van der Waals surface area contributed by atoms with Gasteiger partial charge in [-0.25, -0.2) is 9.59 Å². The molecule has 0 saturated heterocycles. The van der Waals surface area contributed by atoms with Gasteiger partial charge in [-0.2, -0.15) is 0 Å². The van der Waals surface area contributed by atoms with Crippen molar-refractivity contribution in [1.29, 1.82) is 0 Å². The maximum atomic E-state index is 13.0. The van der Waals surface area contributed by atoms with Crippen molar-refractivity contribution in [2.45, 2.75) is 39.8 Å². The summed E-state index contributed by atoms with van der Waals surface area (Å²) in [5, 5.41) is 10.3. The van der Waals surface area contributed by atoms with Gasteiger partial charge in [0.05, 0.1) is 23.1 Å². The second-order valence-corrected chi connectivity index (χ2v) is 11.2. The number of halogens is 1. The molecule has 0 fully saturated rings. The van der Waals surface area contributed by atoms with Gasteiger partial charge in [0.2, 0.25) is 5.62 Å². The molecule has 41 heavy (non-hydrogen) atoms. The minimum absolute atomic E-state index is 0.230. The first-order valence-corrected chi connectivity index (χ1v) is 13.6. The lowest BCUT2D eigenvalue weighted by Crippen LogP contribution is -2.29. The molecule has 0 bridgehead atoms. The molecule has 0 aliphatic heterocycles. The second-order valence-electron chi connectivity index (χ2n) is 10.8. The Bertz CT molecular complexity index is 1840. The molecule has 8 heteroatoms. The van der Waals surface area contributed by atoms with E-state index in [-0.39, 0.29) is 5.56 Å². The summed E-state index contributed by atoms with van der Waals surface area (Å²) in [6.07, 6.45) is -0.711. The van der Waals surface area contributed by atoms with Crippen LogP contribution in [0.1, 0.15) is 42.3 Å². The molecule has 208 valence electrons. The van der Waals surface area contributed by atoms with Crippen LogP contribution in [-0.4, -0.2) is 31.9 Å². The van der Waals surface area contributed by atoms with E-state index in [9.17, 15) is 14.7 Å². The Labute approximate surface area is 242 Å². The molecule has 5 aromatic rings. The normalized spacial score (nSPS) is 12.1. The zero-order valence-electron chi connectivity index (χ0n) is 23.3. The number of fused-ring (bicyclic) bond motifs is 1. The average Bonchev–Trinajstić information content (AvgIpc) is 3.21. The maximum absolute atomic E-state index is 13.0. The number of amides is 1. The highest BCUT2D eigenvalue weighted by atomic mass is 35.5. The van der Waals surface area contributed by atoms with Gasteiger partial charge in [0.1, 0.15) is 5.60 Å². The molecule has 0 unspecified atom stereocenters. The number of ether oxygens (including phenoxy) is 1. The number of nitrogens with zero attached hydrogens (tertiary/aromatic N) is 3. The number of aromatic nitrogens is 2. The van der Waals surface area contributed by atoms with Crippen LogP contribution in [0.15, 0.2) is 96.0 Å². The van der Waals surface area contributed by atoms with Crippen LogP contribution < -0.4 is 5.62 Å². The number of aromatic carboxylic acids is 1. The lowest BCUT2D eigenvalue weighted by atomic mass is 9.97. The molecular weight excluding hydrogens is 538 g/mol. The molecule has 5 rings (SSSR count). The fourth-order valence-electron chi connectivity index (χ4n) is 4.78. The van der Waals surface area contributed by atoms with Crippen molar-refractivity contribution >= 4 is 34.7 Å². The van der Waals surface area contributed by atoms with Gasteiger partial charge < -0.3 is 14.4 Å². The summed E-state index contributed by atoms with van der Waals surface area (Å²) in [4.78, 5) is 29.4. The molecule has 0 saturated carbocycles. The molecule has 0 spiro atoms. The fourth-order valence-corrected chi connectivity index (χ4v) is 4.97. The Hall–Kier alpha value is -4.62. The molecule has 0 aliphatic rings.